The summed E-state index contributed by atoms with van der Waals surface area (Å²) in [7, 11) is 0. The maximum Gasteiger partial charge on any atom is 0.138 e. The van der Waals surface area contributed by atoms with Gasteiger partial charge >= 0.3 is 0 Å². The van der Waals surface area contributed by atoms with Crippen LogP contribution in [0.1, 0.15) is 24.8 Å². The first-order chi connectivity index (χ1) is 7.63. The van der Waals surface area contributed by atoms with Crippen molar-refractivity contribution in [1.29, 1.82) is 0 Å². The SMILES string of the molecule is CSc1c(F)cc(C2(CN)CCC2)cc1Cl. The second-order valence-electron chi connectivity index (χ2n) is 4.31. The van der Waals surface area contributed by atoms with Crippen molar-refractivity contribution in [3.05, 3.63) is 28.5 Å². The molecule has 1 saturated carbocycles. The largest absolute Gasteiger partial charge is 0.330 e. The Bertz CT molecular complexity index is 375. The van der Waals surface area contributed by atoms with Gasteiger partial charge in [0.1, 0.15) is 5.82 Å². The molecule has 88 valence electrons. The van der Waals surface area contributed by atoms with E-state index in [1.807, 2.05) is 12.3 Å². The molecule has 1 aromatic rings. The molecule has 0 amide bonds. The summed E-state index contributed by atoms with van der Waals surface area (Å²) in [5.41, 5.74) is 6.73. The van der Waals surface area contributed by atoms with Crippen LogP contribution in [-0.2, 0) is 5.41 Å². The van der Waals surface area contributed by atoms with E-state index in [0.29, 0.717) is 16.5 Å². The third-order valence-corrected chi connectivity index (χ3v) is 4.75. The Balaban J connectivity index is 2.43. The predicted molar refractivity (Wildman–Crippen MR) is 67.8 cm³/mol. The minimum Gasteiger partial charge on any atom is -0.330 e. The number of hydrogen-bond donors (Lipinski definition) is 1. The molecule has 1 aliphatic rings. The van der Waals surface area contributed by atoms with Crippen LogP contribution in [0, 0.1) is 5.82 Å². The summed E-state index contributed by atoms with van der Waals surface area (Å²) in [6.45, 7) is 0.571. The fraction of sp³-hybridized carbons (Fsp3) is 0.500. The summed E-state index contributed by atoms with van der Waals surface area (Å²) in [6, 6.07) is 3.48. The Hall–Kier alpha value is -0.250. The molecular weight excluding hydrogens is 245 g/mol. The lowest BCUT2D eigenvalue weighted by atomic mass is 9.64. The van der Waals surface area contributed by atoms with Crippen LogP contribution in [0.15, 0.2) is 17.0 Å². The summed E-state index contributed by atoms with van der Waals surface area (Å²) in [6.07, 6.45) is 5.07. The van der Waals surface area contributed by atoms with E-state index in [1.54, 1.807) is 6.07 Å². The number of rotatable bonds is 3. The van der Waals surface area contributed by atoms with Gasteiger partial charge in [0.2, 0.25) is 0 Å². The van der Waals surface area contributed by atoms with Crippen LogP contribution < -0.4 is 5.73 Å². The van der Waals surface area contributed by atoms with Gasteiger partial charge in [0.05, 0.1) is 9.92 Å². The fourth-order valence-corrected chi connectivity index (χ4v) is 3.22. The number of benzene rings is 1. The third-order valence-electron chi connectivity index (χ3n) is 3.52. The summed E-state index contributed by atoms with van der Waals surface area (Å²) >= 11 is 7.41. The average Bonchev–Trinajstić information content (AvgIpc) is 2.16. The Kier molecular flexibility index (Phi) is 3.48. The Morgan fingerprint density at radius 1 is 1.50 bits per heavy atom. The summed E-state index contributed by atoms with van der Waals surface area (Å²) in [4.78, 5) is 0.525. The van der Waals surface area contributed by atoms with Crippen molar-refractivity contribution < 1.29 is 4.39 Å². The van der Waals surface area contributed by atoms with E-state index in [4.69, 9.17) is 17.3 Å². The minimum atomic E-state index is -0.227. The van der Waals surface area contributed by atoms with E-state index in [9.17, 15) is 4.39 Å². The molecule has 1 aromatic carbocycles. The molecule has 0 aliphatic heterocycles. The fourth-order valence-electron chi connectivity index (χ4n) is 2.28. The molecule has 1 fully saturated rings. The number of nitrogens with two attached hydrogens (primary N) is 1. The van der Waals surface area contributed by atoms with Crippen LogP contribution in [0.4, 0.5) is 4.39 Å². The molecule has 0 bridgehead atoms. The first-order valence-electron chi connectivity index (χ1n) is 5.36. The Morgan fingerprint density at radius 3 is 2.56 bits per heavy atom. The highest BCUT2D eigenvalue weighted by molar-refractivity contribution is 7.98. The second kappa shape index (κ2) is 4.55. The van der Waals surface area contributed by atoms with Crippen LogP contribution in [0.3, 0.4) is 0 Å². The molecule has 0 unspecified atom stereocenters. The summed E-state index contributed by atoms with van der Waals surface area (Å²) in [5, 5.41) is 0.502. The van der Waals surface area contributed by atoms with Crippen LogP contribution in [-0.4, -0.2) is 12.8 Å². The maximum atomic E-state index is 13.8. The van der Waals surface area contributed by atoms with Crippen molar-refractivity contribution in [3.63, 3.8) is 0 Å². The lowest BCUT2D eigenvalue weighted by Gasteiger charge is -2.41. The van der Waals surface area contributed by atoms with E-state index in [2.05, 4.69) is 0 Å². The molecule has 4 heteroatoms. The van der Waals surface area contributed by atoms with Crippen molar-refractivity contribution in [2.75, 3.05) is 12.8 Å². The average molecular weight is 260 g/mol. The number of halogens is 2. The Morgan fingerprint density at radius 2 is 2.19 bits per heavy atom. The highest BCUT2D eigenvalue weighted by Crippen LogP contribution is 2.44. The first kappa shape index (κ1) is 12.2. The molecule has 1 nitrogen and oxygen atoms in total. The predicted octanol–water partition coefficient (Wildman–Crippen LogP) is 3.58. The van der Waals surface area contributed by atoms with Gasteiger partial charge in [0.15, 0.2) is 0 Å². The highest BCUT2D eigenvalue weighted by Gasteiger charge is 2.38. The molecule has 2 rings (SSSR count). The highest BCUT2D eigenvalue weighted by atomic mass is 35.5. The first-order valence-corrected chi connectivity index (χ1v) is 6.97. The molecule has 16 heavy (non-hydrogen) atoms. The number of hydrogen-bond acceptors (Lipinski definition) is 2. The summed E-state index contributed by atoms with van der Waals surface area (Å²) in [5.74, 6) is -0.227. The third kappa shape index (κ3) is 1.85. The van der Waals surface area contributed by atoms with Crippen LogP contribution in [0.2, 0.25) is 5.02 Å². The van der Waals surface area contributed by atoms with Crippen LogP contribution >= 0.6 is 23.4 Å². The second-order valence-corrected chi connectivity index (χ2v) is 5.53. The quantitative estimate of drug-likeness (QED) is 0.840. The van der Waals surface area contributed by atoms with Crippen molar-refractivity contribution in [3.8, 4) is 0 Å². The van der Waals surface area contributed by atoms with Crippen molar-refractivity contribution in [1.82, 2.24) is 0 Å². The molecule has 0 radical (unpaired) electrons. The van der Waals surface area contributed by atoms with E-state index in [-0.39, 0.29) is 11.2 Å². The van der Waals surface area contributed by atoms with E-state index in [1.165, 1.54) is 18.2 Å². The van der Waals surface area contributed by atoms with E-state index >= 15 is 0 Å². The van der Waals surface area contributed by atoms with Gasteiger partial charge in [-0.1, -0.05) is 18.0 Å². The molecule has 0 aromatic heterocycles. The molecule has 0 spiro atoms. The molecule has 2 N–H and O–H groups in total. The monoisotopic (exact) mass is 259 g/mol. The molecule has 0 atom stereocenters. The minimum absolute atomic E-state index is 0.0264. The van der Waals surface area contributed by atoms with E-state index in [0.717, 1.165) is 18.4 Å². The maximum absolute atomic E-state index is 13.8. The lowest BCUT2D eigenvalue weighted by molar-refractivity contribution is 0.252. The molecule has 1 aliphatic carbocycles. The normalized spacial score (nSPS) is 18.2. The molecular formula is C12H15ClFNS. The van der Waals surface area contributed by atoms with Gasteiger partial charge < -0.3 is 5.73 Å². The number of thioether (sulfide) groups is 1. The molecule has 0 saturated heterocycles. The zero-order valence-electron chi connectivity index (χ0n) is 9.22. The zero-order valence-corrected chi connectivity index (χ0v) is 10.8. The van der Waals surface area contributed by atoms with Crippen molar-refractivity contribution in [2.45, 2.75) is 29.6 Å². The summed E-state index contributed by atoms with van der Waals surface area (Å²) < 4.78 is 13.8. The van der Waals surface area contributed by atoms with Gasteiger partial charge in [-0.2, -0.15) is 0 Å². The van der Waals surface area contributed by atoms with Crippen LogP contribution in [0.5, 0.6) is 0 Å². The zero-order chi connectivity index (χ0) is 11.8. The van der Waals surface area contributed by atoms with Gasteiger partial charge in [0, 0.05) is 12.0 Å². The van der Waals surface area contributed by atoms with Gasteiger partial charge in [-0.25, -0.2) is 4.39 Å². The van der Waals surface area contributed by atoms with E-state index < -0.39 is 0 Å². The van der Waals surface area contributed by atoms with Crippen molar-refractivity contribution in [2.24, 2.45) is 5.73 Å². The molecule has 0 heterocycles. The van der Waals surface area contributed by atoms with Gasteiger partial charge in [0.25, 0.3) is 0 Å². The van der Waals surface area contributed by atoms with Crippen LogP contribution in [0.25, 0.3) is 0 Å². The standard InChI is InChI=1S/C12H15ClFNS/c1-16-11-9(13)5-8(6-10(11)14)12(7-15)3-2-4-12/h5-6H,2-4,7,15H2,1H3. The Labute approximate surface area is 105 Å². The smallest absolute Gasteiger partial charge is 0.138 e. The van der Waals surface area contributed by atoms with Crippen molar-refractivity contribution >= 4 is 23.4 Å². The topological polar surface area (TPSA) is 26.0 Å². The lowest BCUT2D eigenvalue weighted by Crippen LogP contribution is -2.41. The van der Waals surface area contributed by atoms with Gasteiger partial charge in [-0.3, -0.25) is 0 Å². The van der Waals surface area contributed by atoms with Gasteiger partial charge in [-0.15, -0.1) is 11.8 Å². The van der Waals surface area contributed by atoms with Gasteiger partial charge in [-0.05, 0) is 36.8 Å².